The minimum atomic E-state index is -0.553. The van der Waals surface area contributed by atoms with Gasteiger partial charge in [0.05, 0.1) is 5.56 Å². The van der Waals surface area contributed by atoms with E-state index in [0.717, 1.165) is 16.7 Å². The average molecular weight is 269 g/mol. The largest absolute Gasteiger partial charge is 0.489 e. The molecule has 0 spiro atoms. The molecule has 0 aliphatic carbocycles. The molecule has 0 aromatic heterocycles. The Morgan fingerprint density at radius 1 is 1.10 bits per heavy atom. The molecule has 2 nitrogen and oxygen atoms in total. The van der Waals surface area contributed by atoms with Crippen LogP contribution in [-0.4, -0.2) is 0 Å². The van der Waals surface area contributed by atoms with Crippen molar-refractivity contribution in [1.82, 2.24) is 0 Å². The lowest BCUT2D eigenvalue weighted by molar-refractivity contribution is 0.303. The number of halogens is 1. The maximum atomic E-state index is 13.5. The minimum Gasteiger partial charge on any atom is -0.489 e. The summed E-state index contributed by atoms with van der Waals surface area (Å²) in [6.07, 6.45) is 0. The third-order valence-electron chi connectivity index (χ3n) is 3.28. The zero-order chi connectivity index (χ0) is 14.7. The summed E-state index contributed by atoms with van der Waals surface area (Å²) in [5, 5.41) is 8.69. The van der Waals surface area contributed by atoms with Crippen LogP contribution in [0.1, 0.15) is 27.8 Å². The van der Waals surface area contributed by atoms with Crippen LogP contribution in [0.3, 0.4) is 0 Å². The third-order valence-corrected chi connectivity index (χ3v) is 3.28. The third kappa shape index (κ3) is 2.97. The lowest BCUT2D eigenvalue weighted by Crippen LogP contribution is -2.02. The van der Waals surface area contributed by atoms with Crippen molar-refractivity contribution in [2.45, 2.75) is 27.4 Å². The van der Waals surface area contributed by atoms with E-state index in [0.29, 0.717) is 12.4 Å². The van der Waals surface area contributed by atoms with E-state index in [2.05, 4.69) is 19.1 Å². The summed E-state index contributed by atoms with van der Waals surface area (Å²) in [7, 11) is 0. The van der Waals surface area contributed by atoms with E-state index in [4.69, 9.17) is 10.00 Å². The van der Waals surface area contributed by atoms with Crippen LogP contribution < -0.4 is 4.74 Å². The molecule has 0 radical (unpaired) electrons. The monoisotopic (exact) mass is 269 g/mol. The Kier molecular flexibility index (Phi) is 4.05. The van der Waals surface area contributed by atoms with Crippen LogP contribution in [-0.2, 0) is 6.61 Å². The van der Waals surface area contributed by atoms with Crippen molar-refractivity contribution in [1.29, 1.82) is 5.26 Å². The molecule has 0 amide bonds. The molecule has 2 rings (SSSR count). The van der Waals surface area contributed by atoms with Crippen LogP contribution in [0.15, 0.2) is 30.3 Å². The van der Waals surface area contributed by atoms with Crippen molar-refractivity contribution < 1.29 is 9.13 Å². The zero-order valence-electron chi connectivity index (χ0n) is 11.8. The first-order valence-corrected chi connectivity index (χ1v) is 6.40. The highest BCUT2D eigenvalue weighted by atomic mass is 19.1. The van der Waals surface area contributed by atoms with Crippen molar-refractivity contribution in [2.75, 3.05) is 0 Å². The van der Waals surface area contributed by atoms with E-state index in [-0.39, 0.29) is 5.56 Å². The summed E-state index contributed by atoms with van der Waals surface area (Å²) in [6, 6.07) is 10.3. The van der Waals surface area contributed by atoms with Crippen molar-refractivity contribution >= 4 is 0 Å². The van der Waals surface area contributed by atoms with Crippen molar-refractivity contribution in [3.8, 4) is 11.8 Å². The van der Waals surface area contributed by atoms with E-state index in [1.807, 2.05) is 13.8 Å². The first kappa shape index (κ1) is 14.1. The van der Waals surface area contributed by atoms with Gasteiger partial charge in [0.15, 0.2) is 0 Å². The molecule has 0 atom stereocenters. The normalized spacial score (nSPS) is 10.2. The second-order valence-electron chi connectivity index (χ2n) is 4.92. The molecule has 102 valence electrons. The van der Waals surface area contributed by atoms with Crippen LogP contribution in [0.2, 0.25) is 0 Å². The zero-order valence-corrected chi connectivity index (χ0v) is 11.8. The lowest BCUT2D eigenvalue weighted by atomic mass is 10.0. The van der Waals surface area contributed by atoms with Crippen molar-refractivity contribution in [3.05, 3.63) is 64.0 Å². The Morgan fingerprint density at radius 2 is 1.75 bits per heavy atom. The fourth-order valence-corrected chi connectivity index (χ4v) is 2.27. The van der Waals surface area contributed by atoms with Gasteiger partial charge >= 0.3 is 0 Å². The number of rotatable bonds is 3. The molecular formula is C17H16FNO. The summed E-state index contributed by atoms with van der Waals surface area (Å²) in [4.78, 5) is 0. The second kappa shape index (κ2) is 5.75. The van der Waals surface area contributed by atoms with E-state index in [9.17, 15) is 4.39 Å². The number of nitriles is 1. The van der Waals surface area contributed by atoms with Crippen LogP contribution in [0.5, 0.6) is 5.75 Å². The molecule has 0 saturated heterocycles. The Morgan fingerprint density at radius 3 is 2.30 bits per heavy atom. The van der Waals surface area contributed by atoms with Crippen LogP contribution in [0.4, 0.5) is 4.39 Å². The van der Waals surface area contributed by atoms with Gasteiger partial charge in [-0.1, -0.05) is 17.7 Å². The van der Waals surface area contributed by atoms with Crippen molar-refractivity contribution in [2.24, 2.45) is 0 Å². The van der Waals surface area contributed by atoms with E-state index >= 15 is 0 Å². The Hall–Kier alpha value is -2.34. The smallest absolute Gasteiger partial charge is 0.144 e. The van der Waals surface area contributed by atoms with Gasteiger partial charge in [-0.2, -0.15) is 5.26 Å². The number of benzene rings is 2. The molecule has 0 bridgehead atoms. The quantitative estimate of drug-likeness (QED) is 0.836. The molecular weight excluding hydrogens is 253 g/mol. The SMILES string of the molecule is Cc1cc(C)c(COc2ccc(C#N)c(F)c2)c(C)c1. The molecule has 0 N–H and O–H groups in total. The summed E-state index contributed by atoms with van der Waals surface area (Å²) < 4.78 is 19.1. The van der Waals surface area contributed by atoms with Gasteiger partial charge in [0.1, 0.15) is 24.2 Å². The molecule has 0 aliphatic rings. The van der Waals surface area contributed by atoms with Gasteiger partial charge in [0, 0.05) is 6.07 Å². The summed E-state index contributed by atoms with van der Waals surface area (Å²) in [6.45, 7) is 6.53. The summed E-state index contributed by atoms with van der Waals surface area (Å²) >= 11 is 0. The lowest BCUT2D eigenvalue weighted by Gasteiger charge is -2.13. The summed E-state index contributed by atoms with van der Waals surface area (Å²) in [5.41, 5.74) is 4.68. The Balaban J connectivity index is 2.17. The highest BCUT2D eigenvalue weighted by Crippen LogP contribution is 2.21. The molecule has 2 aromatic rings. The number of hydrogen-bond acceptors (Lipinski definition) is 2. The number of aryl methyl sites for hydroxylation is 3. The van der Waals surface area contributed by atoms with Gasteiger partial charge in [0.2, 0.25) is 0 Å². The predicted molar refractivity (Wildman–Crippen MR) is 76.1 cm³/mol. The maximum Gasteiger partial charge on any atom is 0.144 e. The molecule has 3 heteroatoms. The topological polar surface area (TPSA) is 33.0 Å². The molecule has 2 aromatic carbocycles. The molecule has 0 fully saturated rings. The maximum absolute atomic E-state index is 13.5. The van der Waals surface area contributed by atoms with Gasteiger partial charge in [0.25, 0.3) is 0 Å². The standard InChI is InChI=1S/C17H16FNO/c1-11-6-12(2)16(13(3)7-11)10-20-15-5-4-14(9-19)17(18)8-15/h4-8H,10H2,1-3H3. The first-order chi connectivity index (χ1) is 9.51. The van der Waals surface area contributed by atoms with Gasteiger partial charge < -0.3 is 4.74 Å². The average Bonchev–Trinajstić information content (AvgIpc) is 2.37. The number of hydrogen-bond donors (Lipinski definition) is 0. The van der Waals surface area contributed by atoms with Gasteiger partial charge in [-0.15, -0.1) is 0 Å². The minimum absolute atomic E-state index is 0.0278. The first-order valence-electron chi connectivity index (χ1n) is 6.40. The van der Waals surface area contributed by atoms with Crippen LogP contribution in [0.25, 0.3) is 0 Å². The van der Waals surface area contributed by atoms with Crippen molar-refractivity contribution in [3.63, 3.8) is 0 Å². The molecule has 0 saturated carbocycles. The van der Waals surface area contributed by atoms with E-state index in [1.54, 1.807) is 12.1 Å². The highest BCUT2D eigenvalue weighted by molar-refractivity contribution is 5.39. The van der Waals surface area contributed by atoms with E-state index in [1.165, 1.54) is 17.7 Å². The predicted octanol–water partition coefficient (Wildman–Crippen LogP) is 4.20. The van der Waals surface area contributed by atoms with E-state index < -0.39 is 5.82 Å². The molecule has 0 aliphatic heterocycles. The Labute approximate surface area is 118 Å². The van der Waals surface area contributed by atoms with Gasteiger partial charge in [-0.05, 0) is 49.6 Å². The number of ether oxygens (including phenoxy) is 1. The number of nitrogens with zero attached hydrogens (tertiary/aromatic N) is 1. The Bertz CT molecular complexity index is 663. The summed E-state index contributed by atoms with van der Waals surface area (Å²) in [5.74, 6) is -0.122. The fourth-order valence-electron chi connectivity index (χ4n) is 2.27. The second-order valence-corrected chi connectivity index (χ2v) is 4.92. The molecule has 0 heterocycles. The highest BCUT2D eigenvalue weighted by Gasteiger charge is 2.07. The van der Waals surface area contributed by atoms with Gasteiger partial charge in [-0.3, -0.25) is 0 Å². The molecule has 20 heavy (non-hydrogen) atoms. The van der Waals surface area contributed by atoms with Crippen LogP contribution >= 0.6 is 0 Å². The van der Waals surface area contributed by atoms with Crippen LogP contribution in [0, 0.1) is 37.9 Å². The van der Waals surface area contributed by atoms with Gasteiger partial charge in [-0.25, -0.2) is 4.39 Å². The fraction of sp³-hybridized carbons (Fsp3) is 0.235. The molecule has 0 unspecified atom stereocenters.